The van der Waals surface area contributed by atoms with E-state index in [-0.39, 0.29) is 65.4 Å². The van der Waals surface area contributed by atoms with E-state index in [1.807, 2.05) is 102 Å². The maximum absolute atomic E-state index is 9.31. The van der Waals surface area contributed by atoms with Gasteiger partial charge in [-0.05, 0) is 79.7 Å². The highest BCUT2D eigenvalue weighted by atomic mass is 15.0. The van der Waals surface area contributed by atoms with Crippen molar-refractivity contribution in [3.05, 3.63) is 146 Å². The van der Waals surface area contributed by atoms with Gasteiger partial charge in [0.05, 0.1) is 27.7 Å². The van der Waals surface area contributed by atoms with Gasteiger partial charge in [0.15, 0.2) is 0 Å². The molecule has 2 heteroatoms. The van der Waals surface area contributed by atoms with Crippen LogP contribution in [0.3, 0.4) is 0 Å². The lowest BCUT2D eigenvalue weighted by Crippen LogP contribution is -1.94. The number of aromatic nitrogens is 2. The van der Waals surface area contributed by atoms with Crippen LogP contribution in [-0.4, -0.2) is 9.55 Å². The first-order chi connectivity index (χ1) is 23.7. The molecule has 9 aromatic rings. The summed E-state index contributed by atoms with van der Waals surface area (Å²) in [5.41, 5.74) is 3.29. The number of nitrogens with zero attached hydrogens (tertiary/aromatic N) is 2. The first-order valence-electron chi connectivity index (χ1n) is 17.4. The lowest BCUT2D eigenvalue weighted by Gasteiger charge is -2.16. The van der Waals surface area contributed by atoms with Gasteiger partial charge in [-0.3, -0.25) is 4.98 Å². The van der Waals surface area contributed by atoms with Crippen LogP contribution in [0.25, 0.3) is 82.2 Å². The van der Waals surface area contributed by atoms with Crippen LogP contribution in [0.4, 0.5) is 0 Å². The molecular formula is C39H24N2. The van der Waals surface area contributed by atoms with Crippen molar-refractivity contribution in [3.63, 3.8) is 0 Å². The Morgan fingerprint density at radius 2 is 1.10 bits per heavy atom. The molecule has 0 radical (unpaired) electrons. The van der Waals surface area contributed by atoms with Crippen molar-refractivity contribution in [1.82, 2.24) is 9.55 Å². The fraction of sp³-hybridized carbons (Fsp3) is 0. The molecule has 2 nitrogen and oxygen atoms in total. The molecule has 2 aromatic heterocycles. The average Bonchev–Trinajstić information content (AvgIpc) is 3.45. The first kappa shape index (κ1) is 16.0. The van der Waals surface area contributed by atoms with Gasteiger partial charge in [-0.2, -0.15) is 0 Å². The van der Waals surface area contributed by atoms with E-state index in [1.54, 1.807) is 0 Å². The molecule has 41 heavy (non-hydrogen) atoms. The fourth-order valence-corrected chi connectivity index (χ4v) is 6.30. The van der Waals surface area contributed by atoms with Gasteiger partial charge in [0.25, 0.3) is 0 Å². The van der Waals surface area contributed by atoms with E-state index >= 15 is 0 Å². The average molecular weight is 529 g/mol. The molecule has 0 aliphatic heterocycles. The SMILES string of the molecule is [2H]c1nc(-c2ccc3ccc4c(-c5c([2H])c([2H])c(-n6c7ccccc7c7ccccc76)c([2H])c5[2H])ccc5ccc2c3c54)c([2H])c([2H])c1[2H]. The highest BCUT2D eigenvalue weighted by Gasteiger charge is 2.16. The van der Waals surface area contributed by atoms with Crippen molar-refractivity contribution >= 4 is 54.1 Å². The van der Waals surface area contributed by atoms with Crippen molar-refractivity contribution in [2.24, 2.45) is 0 Å². The summed E-state index contributed by atoms with van der Waals surface area (Å²) in [6, 6.07) is 29.3. The summed E-state index contributed by atoms with van der Waals surface area (Å²) in [5, 5.41) is 6.98. The smallest absolute Gasteiger partial charge is 0.0840 e. The predicted molar refractivity (Wildman–Crippen MR) is 173 cm³/mol. The quantitative estimate of drug-likeness (QED) is 0.209. The zero-order valence-corrected chi connectivity index (χ0v) is 21.6. The second-order valence-electron chi connectivity index (χ2n) is 10.2. The molecule has 0 saturated heterocycles. The van der Waals surface area contributed by atoms with Gasteiger partial charge in [0, 0.05) is 28.2 Å². The summed E-state index contributed by atoms with van der Waals surface area (Å²) in [6.45, 7) is 0. The van der Waals surface area contributed by atoms with Crippen LogP contribution in [0.15, 0.2) is 146 Å². The molecule has 0 aliphatic carbocycles. The molecule has 0 bridgehead atoms. The predicted octanol–water partition coefficient (Wildman–Crippen LogP) is 10.4. The van der Waals surface area contributed by atoms with Gasteiger partial charge in [-0.1, -0.05) is 103 Å². The Morgan fingerprint density at radius 3 is 1.78 bits per heavy atom. The normalized spacial score (nSPS) is 14.6. The van der Waals surface area contributed by atoms with Crippen LogP contribution in [0.1, 0.15) is 11.0 Å². The number of hydrogen-bond acceptors (Lipinski definition) is 1. The molecule has 0 unspecified atom stereocenters. The third kappa shape index (κ3) is 3.22. The Balaban J connectivity index is 1.32. The summed E-state index contributed by atoms with van der Waals surface area (Å²) in [5.74, 6) is 0. The Hall–Kier alpha value is -5.47. The fourth-order valence-electron chi connectivity index (χ4n) is 6.30. The van der Waals surface area contributed by atoms with Crippen LogP contribution in [-0.2, 0) is 0 Å². The third-order valence-electron chi connectivity index (χ3n) is 8.07. The second kappa shape index (κ2) is 8.51. The topological polar surface area (TPSA) is 17.8 Å². The van der Waals surface area contributed by atoms with Gasteiger partial charge >= 0.3 is 0 Å². The second-order valence-corrected chi connectivity index (χ2v) is 10.2. The van der Waals surface area contributed by atoms with Crippen molar-refractivity contribution in [2.75, 3.05) is 0 Å². The first-order valence-corrected chi connectivity index (χ1v) is 13.4. The largest absolute Gasteiger partial charge is 0.309 e. The lowest BCUT2D eigenvalue weighted by atomic mass is 9.88. The van der Waals surface area contributed by atoms with Gasteiger partial charge in [0.2, 0.25) is 0 Å². The number of pyridine rings is 1. The summed E-state index contributed by atoms with van der Waals surface area (Å²) >= 11 is 0. The maximum Gasteiger partial charge on any atom is 0.0840 e. The van der Waals surface area contributed by atoms with Crippen LogP contribution >= 0.6 is 0 Å². The lowest BCUT2D eigenvalue weighted by molar-refractivity contribution is 1.18. The number of rotatable bonds is 3. The minimum Gasteiger partial charge on any atom is -0.309 e. The van der Waals surface area contributed by atoms with Crippen molar-refractivity contribution in [2.45, 2.75) is 0 Å². The van der Waals surface area contributed by atoms with E-state index in [2.05, 4.69) is 4.98 Å². The zero-order chi connectivity index (χ0) is 33.9. The molecule has 0 fully saturated rings. The van der Waals surface area contributed by atoms with E-state index in [9.17, 15) is 5.48 Å². The van der Waals surface area contributed by atoms with E-state index in [1.165, 1.54) is 0 Å². The van der Waals surface area contributed by atoms with E-state index in [0.717, 1.165) is 54.1 Å². The van der Waals surface area contributed by atoms with Crippen molar-refractivity contribution < 1.29 is 11.0 Å². The molecule has 0 N–H and O–H groups in total. The molecule has 7 aromatic carbocycles. The molecule has 9 rings (SSSR count). The Kier molecular flexibility index (Phi) is 3.31. The molecule has 0 atom stereocenters. The Labute approximate surface area is 248 Å². The van der Waals surface area contributed by atoms with E-state index in [0.29, 0.717) is 11.1 Å². The zero-order valence-electron chi connectivity index (χ0n) is 29.6. The Morgan fingerprint density at radius 1 is 0.512 bits per heavy atom. The minimum absolute atomic E-state index is 0.139. The summed E-state index contributed by atoms with van der Waals surface area (Å²) in [6.07, 6.45) is -0.364. The van der Waals surface area contributed by atoms with Crippen LogP contribution in [0, 0.1) is 0 Å². The molecule has 190 valence electrons. The maximum atomic E-state index is 9.31. The van der Waals surface area contributed by atoms with Gasteiger partial charge in [-0.25, -0.2) is 0 Å². The number of benzene rings is 7. The molecule has 0 amide bonds. The van der Waals surface area contributed by atoms with Crippen LogP contribution < -0.4 is 0 Å². The van der Waals surface area contributed by atoms with Gasteiger partial charge < -0.3 is 4.57 Å². The summed E-state index contributed by atoms with van der Waals surface area (Å²) < 4.78 is 71.9. The highest BCUT2D eigenvalue weighted by molar-refractivity contribution is 6.27. The third-order valence-corrected chi connectivity index (χ3v) is 8.07. The van der Waals surface area contributed by atoms with Gasteiger partial charge in [-0.15, -0.1) is 0 Å². The number of hydrogen-bond donors (Lipinski definition) is 0. The van der Waals surface area contributed by atoms with Gasteiger partial charge in [0.1, 0.15) is 0 Å². The highest BCUT2D eigenvalue weighted by Crippen LogP contribution is 2.42. The molecular weight excluding hydrogens is 496 g/mol. The molecule has 0 aliphatic rings. The number of para-hydroxylation sites is 2. The van der Waals surface area contributed by atoms with Crippen LogP contribution in [0.2, 0.25) is 0 Å². The standard InChI is InChI=1S/C39H24N2/c1-3-10-36-31(7-1)32-8-2-4-11-37(32)41(36)28-18-12-25(13-19-28)29-20-14-26-17-23-34-30(35-9-5-6-24-40-35)21-15-27-16-22-33(29)38(26)39(27)34/h1-24H/i5D,6D,9D,12D,13D,18D,19D,24D. The van der Waals surface area contributed by atoms with Crippen LogP contribution in [0.5, 0.6) is 0 Å². The molecule has 0 spiro atoms. The number of fused-ring (bicyclic) bond motifs is 3. The van der Waals surface area contributed by atoms with Crippen molar-refractivity contribution in [3.8, 4) is 28.1 Å². The minimum atomic E-state index is -0.389. The Bertz CT molecular complexity index is 2790. The molecule has 0 saturated carbocycles. The van der Waals surface area contributed by atoms with Crippen molar-refractivity contribution in [1.29, 1.82) is 0 Å². The molecule has 2 heterocycles. The van der Waals surface area contributed by atoms with E-state index in [4.69, 9.17) is 5.48 Å². The monoisotopic (exact) mass is 528 g/mol. The summed E-state index contributed by atoms with van der Waals surface area (Å²) in [4.78, 5) is 4.24. The summed E-state index contributed by atoms with van der Waals surface area (Å²) in [7, 11) is 0. The van der Waals surface area contributed by atoms with E-state index < -0.39 is 0 Å².